The molecule has 4 heteroatoms. The zero-order valence-electron chi connectivity index (χ0n) is 13.5. The zero-order chi connectivity index (χ0) is 16.3. The van der Waals surface area contributed by atoms with Crippen molar-refractivity contribution in [2.45, 2.75) is 39.3 Å². The minimum absolute atomic E-state index is 0.104. The molecule has 122 valence electrons. The average molecular weight is 312 g/mol. The molecule has 23 heavy (non-hydrogen) atoms. The summed E-state index contributed by atoms with van der Waals surface area (Å²) in [6, 6.07) is 17.8. The molecule has 4 nitrogen and oxygen atoms in total. The second-order valence-corrected chi connectivity index (χ2v) is 5.51. The summed E-state index contributed by atoms with van der Waals surface area (Å²) in [5.74, 6) is 0.727. The molecule has 1 aliphatic carbocycles. The molecule has 0 radical (unpaired) electrons. The Labute approximate surface area is 137 Å². The highest BCUT2D eigenvalue weighted by Crippen LogP contribution is 2.15. The number of nitrogens with one attached hydrogen (secondary N) is 2. The van der Waals surface area contributed by atoms with Gasteiger partial charge in [0.05, 0.1) is 0 Å². The Morgan fingerprint density at radius 2 is 1.61 bits per heavy atom. The third-order valence-electron chi connectivity index (χ3n) is 3.08. The van der Waals surface area contributed by atoms with Crippen molar-refractivity contribution in [2.75, 3.05) is 0 Å². The van der Waals surface area contributed by atoms with Crippen LogP contribution in [0.25, 0.3) is 0 Å². The average Bonchev–Trinajstić information content (AvgIpc) is 3.44. The summed E-state index contributed by atoms with van der Waals surface area (Å²) in [6.45, 7) is 2.61. The van der Waals surface area contributed by atoms with Crippen molar-refractivity contribution in [2.24, 2.45) is 0 Å². The second kappa shape index (κ2) is 9.64. The predicted molar refractivity (Wildman–Crippen MR) is 91.7 cm³/mol. The van der Waals surface area contributed by atoms with Crippen LogP contribution in [0.5, 0.6) is 5.75 Å². The molecule has 0 spiro atoms. The largest absolute Gasteiger partial charge is 0.489 e. The Kier molecular flexibility index (Phi) is 7.14. The molecule has 1 amide bonds. The number of rotatable bonds is 6. The van der Waals surface area contributed by atoms with Crippen LogP contribution in [0.2, 0.25) is 0 Å². The van der Waals surface area contributed by atoms with Crippen molar-refractivity contribution in [1.29, 1.82) is 0 Å². The minimum atomic E-state index is -0.104. The fraction of sp³-hybridized carbons (Fsp3) is 0.316. The lowest BCUT2D eigenvalue weighted by molar-refractivity contribution is -0.119. The third kappa shape index (κ3) is 8.02. The van der Waals surface area contributed by atoms with E-state index in [0.717, 1.165) is 16.9 Å². The second-order valence-electron chi connectivity index (χ2n) is 5.51. The van der Waals surface area contributed by atoms with Gasteiger partial charge >= 0.3 is 0 Å². The number of benzene rings is 2. The highest BCUT2D eigenvalue weighted by Gasteiger charge is 1.97. The Morgan fingerprint density at radius 1 is 0.957 bits per heavy atom. The predicted octanol–water partition coefficient (Wildman–Crippen LogP) is 3.58. The van der Waals surface area contributed by atoms with Gasteiger partial charge in [0.2, 0.25) is 5.91 Å². The van der Waals surface area contributed by atoms with E-state index >= 15 is 0 Å². The summed E-state index contributed by atoms with van der Waals surface area (Å²) >= 11 is 0. The van der Waals surface area contributed by atoms with Gasteiger partial charge in [0, 0.05) is 13.5 Å². The lowest BCUT2D eigenvalue weighted by atomic mass is 10.2. The number of hydrazine groups is 1. The van der Waals surface area contributed by atoms with E-state index in [1.165, 1.54) is 26.2 Å². The number of carbonyl (C=O) groups excluding carboxylic acids is 1. The van der Waals surface area contributed by atoms with Gasteiger partial charge in [-0.1, -0.05) is 61.7 Å². The van der Waals surface area contributed by atoms with E-state index in [1.54, 1.807) is 0 Å². The summed E-state index contributed by atoms with van der Waals surface area (Å²) < 4.78 is 5.70. The van der Waals surface area contributed by atoms with E-state index in [4.69, 9.17) is 4.74 Å². The molecule has 2 aromatic carbocycles. The van der Waals surface area contributed by atoms with Gasteiger partial charge < -0.3 is 4.74 Å². The Bertz CT molecular complexity index is 577. The topological polar surface area (TPSA) is 50.4 Å². The van der Waals surface area contributed by atoms with Crippen LogP contribution in [0.4, 0.5) is 0 Å². The molecule has 0 aromatic heterocycles. The first-order chi connectivity index (χ1) is 11.2. The van der Waals surface area contributed by atoms with Crippen LogP contribution in [0, 0.1) is 0 Å². The molecule has 1 saturated carbocycles. The van der Waals surface area contributed by atoms with Crippen molar-refractivity contribution in [3.63, 3.8) is 0 Å². The molecule has 0 saturated heterocycles. The summed E-state index contributed by atoms with van der Waals surface area (Å²) in [4.78, 5) is 10.7. The minimum Gasteiger partial charge on any atom is -0.489 e. The van der Waals surface area contributed by atoms with Crippen LogP contribution in [-0.4, -0.2) is 5.91 Å². The summed E-state index contributed by atoms with van der Waals surface area (Å²) in [5, 5.41) is 0. The molecule has 0 heterocycles. The maximum atomic E-state index is 10.7. The maximum Gasteiger partial charge on any atom is 0.230 e. The van der Waals surface area contributed by atoms with Gasteiger partial charge in [0.15, 0.2) is 0 Å². The van der Waals surface area contributed by atoms with Crippen molar-refractivity contribution in [1.82, 2.24) is 10.9 Å². The molecule has 0 unspecified atom stereocenters. The van der Waals surface area contributed by atoms with Gasteiger partial charge in [-0.25, -0.2) is 5.43 Å². The molecular weight excluding hydrogens is 288 g/mol. The smallest absolute Gasteiger partial charge is 0.230 e. The van der Waals surface area contributed by atoms with Gasteiger partial charge in [0.1, 0.15) is 12.4 Å². The molecule has 1 aliphatic rings. The van der Waals surface area contributed by atoms with E-state index in [9.17, 15) is 4.79 Å². The first kappa shape index (κ1) is 17.0. The highest BCUT2D eigenvalue weighted by molar-refractivity contribution is 5.72. The van der Waals surface area contributed by atoms with Crippen LogP contribution >= 0.6 is 0 Å². The van der Waals surface area contributed by atoms with E-state index in [-0.39, 0.29) is 5.91 Å². The fourth-order valence-electron chi connectivity index (χ4n) is 1.72. The molecule has 2 N–H and O–H groups in total. The highest BCUT2D eigenvalue weighted by atomic mass is 16.5. The van der Waals surface area contributed by atoms with Crippen molar-refractivity contribution in [3.8, 4) is 5.75 Å². The van der Waals surface area contributed by atoms with Crippen molar-refractivity contribution >= 4 is 5.91 Å². The van der Waals surface area contributed by atoms with Crippen molar-refractivity contribution < 1.29 is 9.53 Å². The summed E-state index contributed by atoms with van der Waals surface area (Å²) in [7, 11) is 0. The van der Waals surface area contributed by atoms with Gasteiger partial charge in [-0.05, 0) is 23.3 Å². The molecule has 1 fully saturated rings. The van der Waals surface area contributed by atoms with Crippen LogP contribution in [-0.2, 0) is 17.9 Å². The fourth-order valence-corrected chi connectivity index (χ4v) is 1.72. The lowest BCUT2D eigenvalue weighted by Gasteiger charge is -2.08. The maximum absolute atomic E-state index is 10.7. The zero-order valence-corrected chi connectivity index (χ0v) is 13.5. The van der Waals surface area contributed by atoms with E-state index in [1.807, 2.05) is 54.6 Å². The van der Waals surface area contributed by atoms with Crippen LogP contribution in [0.1, 0.15) is 37.3 Å². The van der Waals surface area contributed by atoms with E-state index in [2.05, 4.69) is 10.9 Å². The normalized spacial score (nSPS) is 11.9. The Hall–Kier alpha value is -2.33. The first-order valence-corrected chi connectivity index (χ1v) is 7.99. The first-order valence-electron chi connectivity index (χ1n) is 7.99. The van der Waals surface area contributed by atoms with Crippen LogP contribution < -0.4 is 15.6 Å². The molecule has 3 rings (SSSR count). The Balaban J connectivity index is 0.000000572. The molecule has 0 aliphatic heterocycles. The summed E-state index contributed by atoms with van der Waals surface area (Å²) in [5.41, 5.74) is 7.59. The van der Waals surface area contributed by atoms with Crippen molar-refractivity contribution in [3.05, 3.63) is 65.7 Å². The molecule has 2 aromatic rings. The van der Waals surface area contributed by atoms with Gasteiger partial charge in [-0.15, -0.1) is 0 Å². The SMILES string of the molecule is C1CC1.CC(=O)NNCc1ccc(OCc2ccccc2)cc1. The van der Waals surface area contributed by atoms with Crippen LogP contribution in [0.15, 0.2) is 54.6 Å². The standard InChI is InChI=1S/C16H18N2O2.C3H6/c1-13(19)18-17-11-14-7-9-16(10-8-14)20-12-15-5-3-2-4-6-15;1-2-3-1/h2-10,17H,11-12H2,1H3,(H,18,19);1-3H2. The number of carbonyl (C=O) groups is 1. The lowest BCUT2D eigenvalue weighted by Crippen LogP contribution is -2.34. The number of hydrogen-bond donors (Lipinski definition) is 2. The van der Waals surface area contributed by atoms with E-state index in [0.29, 0.717) is 13.2 Å². The van der Waals surface area contributed by atoms with E-state index < -0.39 is 0 Å². The Morgan fingerprint density at radius 3 is 2.17 bits per heavy atom. The molecule has 0 atom stereocenters. The van der Waals surface area contributed by atoms with Gasteiger partial charge in [0.25, 0.3) is 0 Å². The van der Waals surface area contributed by atoms with Gasteiger partial charge in [-0.3, -0.25) is 10.2 Å². The third-order valence-corrected chi connectivity index (χ3v) is 3.08. The number of hydrogen-bond acceptors (Lipinski definition) is 3. The monoisotopic (exact) mass is 312 g/mol. The molecule has 0 bridgehead atoms. The quantitative estimate of drug-likeness (QED) is 0.802. The number of ether oxygens (including phenoxy) is 1. The van der Waals surface area contributed by atoms with Gasteiger partial charge in [-0.2, -0.15) is 0 Å². The van der Waals surface area contributed by atoms with Crippen LogP contribution in [0.3, 0.4) is 0 Å². The summed E-state index contributed by atoms with van der Waals surface area (Å²) in [6.07, 6.45) is 4.50. The number of amides is 1. The molecular formula is C19H24N2O2.